The summed E-state index contributed by atoms with van der Waals surface area (Å²) in [6.45, 7) is 5.09. The van der Waals surface area contributed by atoms with E-state index in [1.807, 2.05) is 13.0 Å². The fraction of sp³-hybridized carbons (Fsp3) is 0.625. The molecule has 0 bridgehead atoms. The third-order valence-electron chi connectivity index (χ3n) is 4.89. The second-order valence-corrected chi connectivity index (χ2v) is 7.79. The van der Waals surface area contributed by atoms with Gasteiger partial charge in [-0.25, -0.2) is 13.1 Å². The molecule has 5 heteroatoms. The molecule has 21 heavy (non-hydrogen) atoms. The van der Waals surface area contributed by atoms with Crippen LogP contribution in [0.5, 0.6) is 0 Å². The van der Waals surface area contributed by atoms with E-state index in [9.17, 15) is 8.42 Å². The van der Waals surface area contributed by atoms with Crippen LogP contribution in [0.3, 0.4) is 0 Å². The van der Waals surface area contributed by atoms with Gasteiger partial charge in [0.05, 0.1) is 4.90 Å². The van der Waals surface area contributed by atoms with Gasteiger partial charge in [0.15, 0.2) is 0 Å². The third kappa shape index (κ3) is 3.47. The lowest BCUT2D eigenvalue weighted by atomic mass is 9.67. The summed E-state index contributed by atoms with van der Waals surface area (Å²) in [6.07, 6.45) is 5.33. The van der Waals surface area contributed by atoms with Crippen LogP contribution in [0.2, 0.25) is 0 Å². The van der Waals surface area contributed by atoms with Crippen LogP contribution in [0.4, 0.5) is 0 Å². The van der Waals surface area contributed by atoms with Gasteiger partial charge in [0.25, 0.3) is 0 Å². The number of benzene rings is 1. The molecular formula is C16H26N2O2S. The summed E-state index contributed by atoms with van der Waals surface area (Å²) >= 11 is 0. The molecule has 0 spiro atoms. The highest BCUT2D eigenvalue weighted by molar-refractivity contribution is 7.89. The molecule has 4 nitrogen and oxygen atoms in total. The second-order valence-electron chi connectivity index (χ2n) is 6.02. The minimum absolute atomic E-state index is 0.174. The quantitative estimate of drug-likeness (QED) is 0.813. The van der Waals surface area contributed by atoms with Crippen molar-refractivity contribution in [3.8, 4) is 0 Å². The van der Waals surface area contributed by atoms with Crippen molar-refractivity contribution in [3.05, 3.63) is 29.3 Å². The van der Waals surface area contributed by atoms with Gasteiger partial charge in [0.2, 0.25) is 10.0 Å². The van der Waals surface area contributed by atoms with Crippen molar-refractivity contribution in [2.75, 3.05) is 6.54 Å². The van der Waals surface area contributed by atoms with Gasteiger partial charge in [-0.2, -0.15) is 0 Å². The van der Waals surface area contributed by atoms with Crippen molar-refractivity contribution in [1.29, 1.82) is 0 Å². The van der Waals surface area contributed by atoms with Gasteiger partial charge in [-0.15, -0.1) is 0 Å². The molecule has 0 atom stereocenters. The molecule has 0 aliphatic heterocycles. The highest BCUT2D eigenvalue weighted by Crippen LogP contribution is 2.43. The van der Waals surface area contributed by atoms with Crippen LogP contribution in [-0.4, -0.2) is 15.0 Å². The fourth-order valence-corrected chi connectivity index (χ4v) is 4.18. The molecular weight excluding hydrogens is 284 g/mol. The molecule has 2 rings (SSSR count). The molecule has 1 fully saturated rings. The van der Waals surface area contributed by atoms with E-state index in [0.29, 0.717) is 18.0 Å². The number of nitrogens with one attached hydrogen (secondary N) is 1. The third-order valence-corrected chi connectivity index (χ3v) is 6.29. The smallest absolute Gasteiger partial charge is 0.240 e. The maximum absolute atomic E-state index is 12.5. The molecule has 118 valence electrons. The maximum atomic E-state index is 12.5. The Morgan fingerprint density at radius 3 is 2.43 bits per heavy atom. The Balaban J connectivity index is 2.15. The van der Waals surface area contributed by atoms with E-state index >= 15 is 0 Å². The monoisotopic (exact) mass is 310 g/mol. The Kier molecular flexibility index (Phi) is 5.07. The van der Waals surface area contributed by atoms with Crippen LogP contribution < -0.4 is 10.5 Å². The SMILES string of the molecule is CCc1ccc(S(=O)(=O)NCC2(CC)CCC2)cc1CN. The normalized spacial score (nSPS) is 17.5. The van der Waals surface area contributed by atoms with Crippen LogP contribution >= 0.6 is 0 Å². The zero-order valence-corrected chi connectivity index (χ0v) is 13.8. The van der Waals surface area contributed by atoms with E-state index in [0.717, 1.165) is 36.8 Å². The summed E-state index contributed by atoms with van der Waals surface area (Å²) in [5.41, 5.74) is 7.92. The average molecular weight is 310 g/mol. The molecule has 3 N–H and O–H groups in total. The summed E-state index contributed by atoms with van der Waals surface area (Å²) in [5, 5.41) is 0. The van der Waals surface area contributed by atoms with Crippen LogP contribution in [-0.2, 0) is 23.0 Å². The first kappa shape index (κ1) is 16.5. The Hall–Kier alpha value is -0.910. The van der Waals surface area contributed by atoms with E-state index in [1.165, 1.54) is 6.42 Å². The second kappa shape index (κ2) is 6.46. The standard InChI is InChI=1S/C16H26N2O2S/c1-3-13-6-7-15(10-14(13)11-17)21(19,20)18-12-16(4-2)8-5-9-16/h6-7,10,18H,3-5,8-9,11-12,17H2,1-2H3. The lowest BCUT2D eigenvalue weighted by Crippen LogP contribution is -2.41. The van der Waals surface area contributed by atoms with Crippen molar-refractivity contribution in [3.63, 3.8) is 0 Å². The number of hydrogen-bond acceptors (Lipinski definition) is 3. The zero-order valence-electron chi connectivity index (χ0n) is 13.0. The maximum Gasteiger partial charge on any atom is 0.240 e. The minimum Gasteiger partial charge on any atom is -0.326 e. The molecule has 0 radical (unpaired) electrons. The number of aryl methyl sites for hydroxylation is 1. The number of sulfonamides is 1. The highest BCUT2D eigenvalue weighted by atomic mass is 32.2. The van der Waals surface area contributed by atoms with E-state index in [1.54, 1.807) is 12.1 Å². The fourth-order valence-electron chi connectivity index (χ4n) is 2.97. The van der Waals surface area contributed by atoms with Crippen molar-refractivity contribution >= 4 is 10.0 Å². The van der Waals surface area contributed by atoms with Crippen molar-refractivity contribution in [1.82, 2.24) is 4.72 Å². The molecule has 0 heterocycles. The molecule has 1 aliphatic carbocycles. The molecule has 1 aliphatic rings. The number of hydrogen-bond donors (Lipinski definition) is 2. The first-order chi connectivity index (χ1) is 9.96. The lowest BCUT2D eigenvalue weighted by molar-refractivity contribution is 0.133. The van der Waals surface area contributed by atoms with Gasteiger partial charge in [-0.3, -0.25) is 0 Å². The molecule has 0 aromatic heterocycles. The summed E-state index contributed by atoms with van der Waals surface area (Å²) in [7, 11) is -3.44. The molecule has 0 unspecified atom stereocenters. The lowest BCUT2D eigenvalue weighted by Gasteiger charge is -2.41. The van der Waals surface area contributed by atoms with Gasteiger partial charge < -0.3 is 5.73 Å². The van der Waals surface area contributed by atoms with Gasteiger partial charge >= 0.3 is 0 Å². The zero-order chi connectivity index (χ0) is 15.5. The summed E-state index contributed by atoms with van der Waals surface area (Å²) in [5.74, 6) is 0. The Morgan fingerprint density at radius 1 is 1.24 bits per heavy atom. The number of rotatable bonds is 7. The minimum atomic E-state index is -3.44. The molecule has 0 amide bonds. The Morgan fingerprint density at radius 2 is 1.95 bits per heavy atom. The first-order valence-corrected chi connectivity index (χ1v) is 9.26. The van der Waals surface area contributed by atoms with Crippen LogP contribution in [0.1, 0.15) is 50.7 Å². The van der Waals surface area contributed by atoms with Crippen molar-refractivity contribution < 1.29 is 8.42 Å². The van der Waals surface area contributed by atoms with Crippen LogP contribution in [0.15, 0.2) is 23.1 Å². The highest BCUT2D eigenvalue weighted by Gasteiger charge is 2.36. The van der Waals surface area contributed by atoms with Gasteiger partial charge in [-0.05, 0) is 54.4 Å². The molecule has 1 aromatic carbocycles. The average Bonchev–Trinajstić information content (AvgIpc) is 2.45. The van der Waals surface area contributed by atoms with Gasteiger partial charge in [0, 0.05) is 13.1 Å². The van der Waals surface area contributed by atoms with Gasteiger partial charge in [0.1, 0.15) is 0 Å². The topological polar surface area (TPSA) is 72.2 Å². The largest absolute Gasteiger partial charge is 0.326 e. The summed E-state index contributed by atoms with van der Waals surface area (Å²) in [4.78, 5) is 0.325. The van der Waals surface area contributed by atoms with Crippen LogP contribution in [0.25, 0.3) is 0 Å². The summed E-state index contributed by atoms with van der Waals surface area (Å²) in [6, 6.07) is 5.26. The van der Waals surface area contributed by atoms with Crippen molar-refractivity contribution in [2.45, 2.75) is 57.4 Å². The van der Waals surface area contributed by atoms with E-state index < -0.39 is 10.0 Å². The Labute approximate surface area is 128 Å². The molecule has 1 saturated carbocycles. The number of nitrogens with two attached hydrogens (primary N) is 1. The Bertz CT molecular complexity index is 587. The van der Waals surface area contributed by atoms with E-state index in [-0.39, 0.29) is 5.41 Å². The van der Waals surface area contributed by atoms with Crippen LogP contribution in [0, 0.1) is 5.41 Å². The predicted octanol–water partition coefficient (Wildman–Crippen LogP) is 2.57. The molecule has 1 aromatic rings. The summed E-state index contributed by atoms with van der Waals surface area (Å²) < 4.78 is 27.7. The first-order valence-electron chi connectivity index (χ1n) is 7.78. The van der Waals surface area contributed by atoms with Gasteiger partial charge in [-0.1, -0.05) is 26.3 Å². The van der Waals surface area contributed by atoms with Crippen molar-refractivity contribution in [2.24, 2.45) is 11.1 Å². The van der Waals surface area contributed by atoms with E-state index in [2.05, 4.69) is 11.6 Å². The predicted molar refractivity (Wildman–Crippen MR) is 85.5 cm³/mol. The molecule has 0 saturated heterocycles. The van der Waals surface area contributed by atoms with E-state index in [4.69, 9.17) is 5.73 Å².